The molecule has 0 spiro atoms. The van der Waals surface area contributed by atoms with Crippen LogP contribution in [0.3, 0.4) is 0 Å². The maximum absolute atomic E-state index is 12.9. The average molecular weight is 240 g/mol. The first-order chi connectivity index (χ1) is 8.84. The summed E-state index contributed by atoms with van der Waals surface area (Å²) in [7, 11) is 0. The maximum Gasteiger partial charge on any atom is 0.163 e. The zero-order valence-electron chi connectivity index (χ0n) is 9.36. The van der Waals surface area contributed by atoms with Gasteiger partial charge in [-0.15, -0.1) is 0 Å². The van der Waals surface area contributed by atoms with Gasteiger partial charge in [-0.05, 0) is 36.4 Å². The van der Waals surface area contributed by atoms with Crippen LogP contribution in [0.2, 0.25) is 0 Å². The molecule has 4 nitrogen and oxygen atoms in total. The molecule has 0 unspecified atom stereocenters. The Bertz CT molecular complexity index is 646. The highest BCUT2D eigenvalue weighted by Crippen LogP contribution is 2.19. The number of aromatic nitrogens is 4. The summed E-state index contributed by atoms with van der Waals surface area (Å²) >= 11 is 0. The van der Waals surface area contributed by atoms with Crippen molar-refractivity contribution >= 4 is 0 Å². The van der Waals surface area contributed by atoms with Crippen LogP contribution in [-0.2, 0) is 0 Å². The van der Waals surface area contributed by atoms with Crippen molar-refractivity contribution in [2.24, 2.45) is 0 Å². The van der Waals surface area contributed by atoms with E-state index in [1.807, 2.05) is 12.1 Å². The van der Waals surface area contributed by atoms with E-state index < -0.39 is 0 Å². The first-order valence-corrected chi connectivity index (χ1v) is 5.41. The summed E-state index contributed by atoms with van der Waals surface area (Å²) in [6, 6.07) is 9.82. The highest BCUT2D eigenvalue weighted by atomic mass is 19.1. The van der Waals surface area contributed by atoms with E-state index in [0.717, 1.165) is 11.3 Å². The van der Waals surface area contributed by atoms with Crippen LogP contribution in [0.1, 0.15) is 0 Å². The normalized spacial score (nSPS) is 10.5. The topological polar surface area (TPSA) is 43.6 Å². The number of benzene rings is 1. The molecule has 0 radical (unpaired) electrons. The Labute approximate surface area is 103 Å². The summed E-state index contributed by atoms with van der Waals surface area (Å²) in [4.78, 5) is 8.18. The molecule has 0 aliphatic carbocycles. The molecule has 0 saturated carbocycles. The lowest BCUT2D eigenvalue weighted by Crippen LogP contribution is -1.99. The van der Waals surface area contributed by atoms with Crippen LogP contribution in [0.4, 0.5) is 4.39 Å². The van der Waals surface area contributed by atoms with Gasteiger partial charge in [-0.1, -0.05) is 0 Å². The molecule has 0 N–H and O–H groups in total. The summed E-state index contributed by atoms with van der Waals surface area (Å²) in [5, 5.41) is 4.16. The monoisotopic (exact) mass is 240 g/mol. The van der Waals surface area contributed by atoms with E-state index in [1.165, 1.54) is 18.5 Å². The Morgan fingerprint density at radius 2 is 1.67 bits per heavy atom. The van der Waals surface area contributed by atoms with Gasteiger partial charge < -0.3 is 0 Å². The van der Waals surface area contributed by atoms with Gasteiger partial charge in [-0.2, -0.15) is 5.10 Å². The van der Waals surface area contributed by atoms with Crippen LogP contribution in [0.5, 0.6) is 0 Å². The zero-order chi connectivity index (χ0) is 12.4. The predicted octanol–water partition coefficient (Wildman–Crippen LogP) is 2.47. The van der Waals surface area contributed by atoms with Crippen LogP contribution < -0.4 is 0 Å². The third kappa shape index (κ3) is 1.86. The minimum absolute atomic E-state index is 0.274. The van der Waals surface area contributed by atoms with E-state index in [0.29, 0.717) is 5.82 Å². The molecule has 0 aliphatic rings. The van der Waals surface area contributed by atoms with E-state index in [2.05, 4.69) is 15.1 Å². The minimum atomic E-state index is -0.274. The number of halogens is 1. The lowest BCUT2D eigenvalue weighted by Gasteiger charge is -2.05. The average Bonchev–Trinajstić information content (AvgIpc) is 2.90. The van der Waals surface area contributed by atoms with Crippen LogP contribution in [-0.4, -0.2) is 19.7 Å². The molecule has 5 heteroatoms. The predicted molar refractivity (Wildman–Crippen MR) is 64.5 cm³/mol. The van der Waals surface area contributed by atoms with Crippen molar-refractivity contribution in [2.45, 2.75) is 0 Å². The lowest BCUT2D eigenvalue weighted by atomic mass is 10.2. The van der Waals surface area contributed by atoms with Crippen LogP contribution >= 0.6 is 0 Å². The van der Waals surface area contributed by atoms with Crippen molar-refractivity contribution in [1.29, 1.82) is 0 Å². The van der Waals surface area contributed by atoms with Crippen molar-refractivity contribution < 1.29 is 4.39 Å². The Kier molecular flexibility index (Phi) is 2.57. The van der Waals surface area contributed by atoms with E-state index in [1.54, 1.807) is 29.2 Å². The molecular weight excluding hydrogens is 231 g/mol. The van der Waals surface area contributed by atoms with Crippen molar-refractivity contribution in [3.63, 3.8) is 0 Å². The molecule has 3 aromatic rings. The fourth-order valence-electron chi connectivity index (χ4n) is 1.71. The molecule has 0 bridgehead atoms. The Balaban J connectivity index is 2.10. The van der Waals surface area contributed by atoms with Gasteiger partial charge in [0.25, 0.3) is 0 Å². The number of rotatable bonds is 2. The quantitative estimate of drug-likeness (QED) is 0.691. The highest BCUT2D eigenvalue weighted by Gasteiger charge is 2.08. The third-order valence-corrected chi connectivity index (χ3v) is 2.56. The number of hydrogen-bond acceptors (Lipinski definition) is 3. The van der Waals surface area contributed by atoms with Gasteiger partial charge in [0, 0.05) is 18.0 Å². The maximum atomic E-state index is 12.9. The molecule has 3 rings (SSSR count). The second kappa shape index (κ2) is 4.37. The summed E-state index contributed by atoms with van der Waals surface area (Å²) in [5.41, 5.74) is 1.67. The van der Waals surface area contributed by atoms with E-state index in [4.69, 9.17) is 0 Å². The number of nitrogens with zero attached hydrogens (tertiary/aromatic N) is 4. The molecule has 0 fully saturated rings. The van der Waals surface area contributed by atoms with E-state index >= 15 is 0 Å². The SMILES string of the molecule is Fc1ccc(-n2ncnc2-c2ccncc2)cc1. The largest absolute Gasteiger partial charge is 0.265 e. The van der Waals surface area contributed by atoms with Gasteiger partial charge in [0.1, 0.15) is 12.1 Å². The van der Waals surface area contributed by atoms with Crippen molar-refractivity contribution in [3.05, 3.63) is 60.9 Å². The molecule has 0 atom stereocenters. The standard InChI is InChI=1S/C13H9FN4/c14-11-1-3-12(4-2-11)18-13(16-9-17-18)10-5-7-15-8-6-10/h1-9H. The fourth-order valence-corrected chi connectivity index (χ4v) is 1.71. The summed E-state index contributed by atoms with van der Waals surface area (Å²) in [6.07, 6.45) is 4.86. The molecular formula is C13H9FN4. The fraction of sp³-hybridized carbons (Fsp3) is 0. The second-order valence-electron chi connectivity index (χ2n) is 3.71. The van der Waals surface area contributed by atoms with Gasteiger partial charge in [0.05, 0.1) is 5.69 Å². The lowest BCUT2D eigenvalue weighted by molar-refractivity contribution is 0.627. The summed E-state index contributed by atoms with van der Waals surface area (Å²) in [6.45, 7) is 0. The number of hydrogen-bond donors (Lipinski definition) is 0. The molecule has 88 valence electrons. The molecule has 2 aromatic heterocycles. The van der Waals surface area contributed by atoms with Crippen LogP contribution in [0.25, 0.3) is 17.1 Å². The van der Waals surface area contributed by atoms with E-state index in [-0.39, 0.29) is 5.82 Å². The van der Waals surface area contributed by atoms with Gasteiger partial charge in [0.2, 0.25) is 0 Å². The van der Waals surface area contributed by atoms with Gasteiger partial charge in [-0.25, -0.2) is 14.1 Å². The summed E-state index contributed by atoms with van der Waals surface area (Å²) in [5.74, 6) is 0.424. The second-order valence-corrected chi connectivity index (χ2v) is 3.71. The summed E-state index contributed by atoms with van der Waals surface area (Å²) < 4.78 is 14.6. The van der Waals surface area contributed by atoms with Crippen LogP contribution in [0, 0.1) is 5.82 Å². The Hall–Kier alpha value is -2.56. The van der Waals surface area contributed by atoms with Crippen molar-refractivity contribution in [3.8, 4) is 17.1 Å². The van der Waals surface area contributed by atoms with E-state index in [9.17, 15) is 4.39 Å². The molecule has 0 saturated heterocycles. The molecule has 0 aliphatic heterocycles. The molecule has 2 heterocycles. The Morgan fingerprint density at radius 1 is 0.944 bits per heavy atom. The first kappa shape index (κ1) is 10.6. The molecule has 18 heavy (non-hydrogen) atoms. The smallest absolute Gasteiger partial charge is 0.163 e. The van der Waals surface area contributed by atoms with Gasteiger partial charge in [-0.3, -0.25) is 4.98 Å². The van der Waals surface area contributed by atoms with Crippen LogP contribution in [0.15, 0.2) is 55.1 Å². The molecule has 0 amide bonds. The van der Waals surface area contributed by atoms with Gasteiger partial charge in [0.15, 0.2) is 5.82 Å². The Morgan fingerprint density at radius 3 is 2.39 bits per heavy atom. The first-order valence-electron chi connectivity index (χ1n) is 5.41. The van der Waals surface area contributed by atoms with Crippen molar-refractivity contribution in [1.82, 2.24) is 19.7 Å². The highest BCUT2D eigenvalue weighted by molar-refractivity contribution is 5.56. The number of pyridine rings is 1. The molecule has 1 aromatic carbocycles. The third-order valence-electron chi connectivity index (χ3n) is 2.56. The van der Waals surface area contributed by atoms with Gasteiger partial charge >= 0.3 is 0 Å². The zero-order valence-corrected chi connectivity index (χ0v) is 9.36. The minimum Gasteiger partial charge on any atom is -0.265 e. The van der Waals surface area contributed by atoms with Crippen molar-refractivity contribution in [2.75, 3.05) is 0 Å².